The first-order chi connectivity index (χ1) is 19.5. The SMILES string of the molecule is O=C1c2ccccc2C(=O)N1c1ccc(-c2ccnc(-c3ccc(N4C(=O)c5ccccc5C4=O)cc3)n2)cc1. The number of aromatic nitrogens is 2. The lowest BCUT2D eigenvalue weighted by atomic mass is 10.1. The van der Waals surface area contributed by atoms with Crippen LogP contribution in [0.5, 0.6) is 0 Å². The molecular formula is C32H18N4O4. The molecule has 0 N–H and O–H groups in total. The molecule has 8 nitrogen and oxygen atoms in total. The molecule has 0 fully saturated rings. The minimum absolute atomic E-state index is 0.345. The highest BCUT2D eigenvalue weighted by molar-refractivity contribution is 6.35. The fraction of sp³-hybridized carbons (Fsp3) is 0. The summed E-state index contributed by atoms with van der Waals surface area (Å²) in [5, 5.41) is 0. The van der Waals surface area contributed by atoms with Crippen LogP contribution in [0.3, 0.4) is 0 Å². The van der Waals surface area contributed by atoms with Gasteiger partial charge in [-0.1, -0.05) is 36.4 Å². The fourth-order valence-electron chi connectivity index (χ4n) is 5.05. The lowest BCUT2D eigenvalue weighted by molar-refractivity contribution is 0.0910. The van der Waals surface area contributed by atoms with Crippen LogP contribution in [0.4, 0.5) is 11.4 Å². The average molecular weight is 523 g/mol. The molecule has 0 saturated carbocycles. The van der Waals surface area contributed by atoms with Gasteiger partial charge in [-0.25, -0.2) is 19.8 Å². The molecule has 2 aliphatic heterocycles. The molecule has 1 aromatic heterocycles. The molecule has 7 rings (SSSR count). The Morgan fingerprint density at radius 1 is 0.450 bits per heavy atom. The van der Waals surface area contributed by atoms with E-state index in [4.69, 9.17) is 0 Å². The first-order valence-corrected chi connectivity index (χ1v) is 12.5. The van der Waals surface area contributed by atoms with E-state index < -0.39 is 0 Å². The van der Waals surface area contributed by atoms with Crippen molar-refractivity contribution in [1.82, 2.24) is 9.97 Å². The maximum absolute atomic E-state index is 12.8. The van der Waals surface area contributed by atoms with E-state index in [-0.39, 0.29) is 23.6 Å². The monoisotopic (exact) mass is 522 g/mol. The van der Waals surface area contributed by atoms with Gasteiger partial charge in [0, 0.05) is 17.3 Å². The molecule has 4 aromatic carbocycles. The normalized spacial score (nSPS) is 14.1. The van der Waals surface area contributed by atoms with Crippen molar-refractivity contribution >= 4 is 35.0 Å². The number of hydrogen-bond acceptors (Lipinski definition) is 6. The van der Waals surface area contributed by atoms with Gasteiger partial charge in [-0.15, -0.1) is 0 Å². The number of nitrogens with zero attached hydrogens (tertiary/aromatic N) is 4. The Labute approximate surface area is 228 Å². The van der Waals surface area contributed by atoms with Crippen LogP contribution in [0, 0.1) is 0 Å². The predicted molar refractivity (Wildman–Crippen MR) is 148 cm³/mol. The number of anilines is 2. The second-order valence-corrected chi connectivity index (χ2v) is 9.34. The van der Waals surface area contributed by atoms with Crippen molar-refractivity contribution in [2.24, 2.45) is 0 Å². The van der Waals surface area contributed by atoms with Crippen LogP contribution in [0.15, 0.2) is 109 Å². The van der Waals surface area contributed by atoms with E-state index in [1.54, 1.807) is 109 Å². The first kappa shape index (κ1) is 23.4. The third kappa shape index (κ3) is 3.54. The summed E-state index contributed by atoms with van der Waals surface area (Å²) < 4.78 is 0. The van der Waals surface area contributed by atoms with Gasteiger partial charge in [0.1, 0.15) is 0 Å². The Hall–Kier alpha value is -5.76. The molecule has 0 aliphatic carbocycles. The summed E-state index contributed by atoms with van der Waals surface area (Å²) in [6.45, 7) is 0. The van der Waals surface area contributed by atoms with E-state index in [2.05, 4.69) is 9.97 Å². The van der Waals surface area contributed by atoms with Crippen LogP contribution < -0.4 is 9.80 Å². The van der Waals surface area contributed by atoms with Crippen LogP contribution in [-0.2, 0) is 0 Å². The third-order valence-corrected chi connectivity index (χ3v) is 7.05. The Bertz CT molecular complexity index is 1680. The van der Waals surface area contributed by atoms with Crippen molar-refractivity contribution in [2.75, 3.05) is 9.80 Å². The van der Waals surface area contributed by atoms with Gasteiger partial charge in [0.2, 0.25) is 0 Å². The summed E-state index contributed by atoms with van der Waals surface area (Å²) in [5.41, 5.74) is 4.67. The topological polar surface area (TPSA) is 101 Å². The number of imide groups is 2. The molecule has 0 bridgehead atoms. The number of rotatable bonds is 4. The van der Waals surface area contributed by atoms with Gasteiger partial charge in [0.05, 0.1) is 39.3 Å². The molecule has 5 aromatic rings. The van der Waals surface area contributed by atoms with Crippen LogP contribution >= 0.6 is 0 Å². The molecule has 40 heavy (non-hydrogen) atoms. The van der Waals surface area contributed by atoms with E-state index in [0.717, 1.165) is 5.56 Å². The van der Waals surface area contributed by atoms with Crippen LogP contribution in [-0.4, -0.2) is 33.6 Å². The van der Waals surface area contributed by atoms with E-state index in [9.17, 15) is 19.2 Å². The summed E-state index contributed by atoms with van der Waals surface area (Å²) >= 11 is 0. The molecule has 0 radical (unpaired) electrons. The number of fused-ring (bicyclic) bond motifs is 2. The van der Waals surface area contributed by atoms with Crippen LogP contribution in [0.2, 0.25) is 0 Å². The highest BCUT2D eigenvalue weighted by atomic mass is 16.2. The number of benzene rings is 4. The molecule has 0 atom stereocenters. The van der Waals surface area contributed by atoms with Crippen molar-refractivity contribution < 1.29 is 19.2 Å². The molecule has 4 amide bonds. The van der Waals surface area contributed by atoms with Crippen LogP contribution in [0.1, 0.15) is 41.4 Å². The lowest BCUT2D eigenvalue weighted by Gasteiger charge is -2.15. The van der Waals surface area contributed by atoms with Crippen LogP contribution in [0.25, 0.3) is 22.6 Å². The molecule has 0 saturated heterocycles. The highest BCUT2D eigenvalue weighted by Crippen LogP contribution is 2.32. The number of hydrogen-bond donors (Lipinski definition) is 0. The highest BCUT2D eigenvalue weighted by Gasteiger charge is 2.37. The Morgan fingerprint density at radius 2 is 0.850 bits per heavy atom. The number of amides is 4. The van der Waals surface area contributed by atoms with Gasteiger partial charge in [-0.3, -0.25) is 19.2 Å². The Kier molecular flexibility index (Phi) is 5.21. The van der Waals surface area contributed by atoms with Gasteiger partial charge in [0.25, 0.3) is 23.6 Å². The Morgan fingerprint density at radius 3 is 1.27 bits per heavy atom. The standard InChI is InChI=1S/C32H18N4O4/c37-29-23-5-1-2-6-24(23)30(38)35(29)21-13-9-19(10-14-21)27-17-18-33-28(34-27)20-11-15-22(16-12-20)36-31(39)25-7-3-4-8-26(25)32(36)40/h1-18H. The number of carbonyl (C=O) groups is 4. The maximum Gasteiger partial charge on any atom is 0.266 e. The van der Waals surface area contributed by atoms with Crippen molar-refractivity contribution in [3.05, 3.63) is 132 Å². The van der Waals surface area contributed by atoms with Gasteiger partial charge in [-0.2, -0.15) is 0 Å². The van der Waals surface area contributed by atoms with Gasteiger partial charge in [0.15, 0.2) is 5.82 Å². The smallest absolute Gasteiger partial charge is 0.266 e. The summed E-state index contributed by atoms with van der Waals surface area (Å²) in [5.74, 6) is -0.923. The van der Waals surface area contributed by atoms with E-state index in [1.807, 2.05) is 0 Å². The molecule has 190 valence electrons. The molecular weight excluding hydrogens is 504 g/mol. The zero-order chi connectivity index (χ0) is 27.4. The summed E-state index contributed by atoms with van der Waals surface area (Å²) in [6.07, 6.45) is 1.65. The molecule has 0 spiro atoms. The summed E-state index contributed by atoms with van der Waals surface area (Å²) in [6, 6.07) is 29.3. The molecule has 2 aliphatic rings. The molecule has 3 heterocycles. The zero-order valence-electron chi connectivity index (χ0n) is 20.8. The van der Waals surface area contributed by atoms with Gasteiger partial charge in [-0.05, 0) is 66.7 Å². The Balaban J connectivity index is 1.13. The first-order valence-electron chi connectivity index (χ1n) is 12.5. The molecule has 0 unspecified atom stereocenters. The van der Waals surface area contributed by atoms with Crippen molar-refractivity contribution in [3.8, 4) is 22.6 Å². The number of carbonyl (C=O) groups excluding carboxylic acids is 4. The summed E-state index contributed by atoms with van der Waals surface area (Å²) in [7, 11) is 0. The lowest BCUT2D eigenvalue weighted by Crippen LogP contribution is -2.29. The van der Waals surface area contributed by atoms with E-state index in [0.29, 0.717) is 50.7 Å². The molecule has 8 heteroatoms. The third-order valence-electron chi connectivity index (χ3n) is 7.05. The second kappa shape index (κ2) is 8.92. The minimum atomic E-state index is -0.351. The van der Waals surface area contributed by atoms with E-state index in [1.165, 1.54) is 9.80 Å². The zero-order valence-corrected chi connectivity index (χ0v) is 20.8. The fourth-order valence-corrected chi connectivity index (χ4v) is 5.05. The maximum atomic E-state index is 12.8. The minimum Gasteiger partial charge on any atom is -0.268 e. The second-order valence-electron chi connectivity index (χ2n) is 9.34. The van der Waals surface area contributed by atoms with Crippen molar-refractivity contribution in [2.45, 2.75) is 0 Å². The predicted octanol–water partition coefficient (Wildman–Crippen LogP) is 5.41. The quantitative estimate of drug-likeness (QED) is 0.293. The van der Waals surface area contributed by atoms with Crippen molar-refractivity contribution in [1.29, 1.82) is 0 Å². The van der Waals surface area contributed by atoms with Crippen molar-refractivity contribution in [3.63, 3.8) is 0 Å². The largest absolute Gasteiger partial charge is 0.268 e. The van der Waals surface area contributed by atoms with E-state index >= 15 is 0 Å². The van der Waals surface area contributed by atoms with Gasteiger partial charge >= 0.3 is 0 Å². The van der Waals surface area contributed by atoms with Gasteiger partial charge < -0.3 is 0 Å². The summed E-state index contributed by atoms with van der Waals surface area (Å²) in [4.78, 5) is 62.7. The average Bonchev–Trinajstić information content (AvgIpc) is 3.42.